The van der Waals surface area contributed by atoms with Crippen LogP contribution in [-0.2, 0) is 0 Å². The van der Waals surface area contributed by atoms with Gasteiger partial charge in [0.15, 0.2) is 6.10 Å². The van der Waals surface area contributed by atoms with Crippen LogP contribution in [0.25, 0.3) is 5.70 Å². The molecule has 0 spiro atoms. The van der Waals surface area contributed by atoms with Gasteiger partial charge < -0.3 is 19.5 Å². The largest absolute Gasteiger partial charge is 0.497 e. The Morgan fingerprint density at radius 2 is 1.76 bits per heavy atom. The van der Waals surface area contributed by atoms with Crippen LogP contribution >= 0.6 is 0 Å². The minimum absolute atomic E-state index is 0.204. The SMILES string of the molecule is COc1ccc([C@@H]2Oc3ccccc3C3=C2[C@H](c2ccccc2)n2ncnc2N3)c(OC)c1. The van der Waals surface area contributed by atoms with E-state index in [0.29, 0.717) is 11.7 Å². The number of benzene rings is 3. The summed E-state index contributed by atoms with van der Waals surface area (Å²) in [5, 5.41) is 8.08. The number of hydrogen-bond donors (Lipinski definition) is 1. The highest BCUT2D eigenvalue weighted by Crippen LogP contribution is 2.52. The van der Waals surface area contributed by atoms with Crippen molar-refractivity contribution in [3.63, 3.8) is 0 Å². The van der Waals surface area contributed by atoms with Crippen LogP contribution in [0.3, 0.4) is 0 Å². The van der Waals surface area contributed by atoms with Crippen LogP contribution in [0.2, 0.25) is 0 Å². The molecular formula is C26H22N4O3. The van der Waals surface area contributed by atoms with Crippen LogP contribution in [0, 0.1) is 0 Å². The van der Waals surface area contributed by atoms with Crippen molar-refractivity contribution in [1.29, 1.82) is 0 Å². The molecule has 1 N–H and O–H groups in total. The number of ether oxygens (including phenoxy) is 3. The lowest BCUT2D eigenvalue weighted by Crippen LogP contribution is -2.32. The Balaban J connectivity index is 1.63. The van der Waals surface area contributed by atoms with Gasteiger partial charge in [-0.3, -0.25) is 0 Å². The third kappa shape index (κ3) is 3.04. The summed E-state index contributed by atoms with van der Waals surface area (Å²) in [6.45, 7) is 0. The second-order valence-electron chi connectivity index (χ2n) is 7.90. The molecule has 3 aromatic carbocycles. The number of para-hydroxylation sites is 1. The maximum atomic E-state index is 6.67. The van der Waals surface area contributed by atoms with E-state index in [4.69, 9.17) is 14.2 Å². The van der Waals surface area contributed by atoms with Crippen LogP contribution in [0.5, 0.6) is 17.2 Å². The van der Waals surface area contributed by atoms with Crippen molar-refractivity contribution < 1.29 is 14.2 Å². The highest BCUT2D eigenvalue weighted by molar-refractivity contribution is 5.85. The zero-order valence-corrected chi connectivity index (χ0v) is 18.2. The summed E-state index contributed by atoms with van der Waals surface area (Å²) in [4.78, 5) is 4.48. The van der Waals surface area contributed by atoms with E-state index in [1.54, 1.807) is 20.5 Å². The maximum Gasteiger partial charge on any atom is 0.226 e. The zero-order chi connectivity index (χ0) is 22.4. The zero-order valence-electron chi connectivity index (χ0n) is 18.2. The molecule has 2 aliphatic rings. The molecule has 33 heavy (non-hydrogen) atoms. The molecule has 6 rings (SSSR count). The lowest BCUT2D eigenvalue weighted by Gasteiger charge is -2.39. The number of hydrogen-bond acceptors (Lipinski definition) is 6. The first kappa shape index (κ1) is 19.4. The fourth-order valence-corrected chi connectivity index (χ4v) is 4.67. The van der Waals surface area contributed by atoms with E-state index in [1.165, 1.54) is 0 Å². The standard InChI is InChI=1S/C26H22N4O3/c1-31-17-12-13-19(21(14-17)32-2)25-22-23(18-10-6-7-11-20(18)33-25)29-26-27-15-28-30(26)24(22)16-8-4-3-5-9-16/h3-15,24-25H,1-2H3,(H,27,28,29)/t24-,25-/m0/s1. The minimum atomic E-state index is -0.411. The van der Waals surface area contributed by atoms with Crippen molar-refractivity contribution >= 4 is 11.6 Å². The molecule has 0 radical (unpaired) electrons. The summed E-state index contributed by atoms with van der Waals surface area (Å²) in [5.74, 6) is 2.91. The summed E-state index contributed by atoms with van der Waals surface area (Å²) in [7, 11) is 3.30. The molecule has 2 aliphatic heterocycles. The summed E-state index contributed by atoms with van der Waals surface area (Å²) in [6, 6.07) is 23.9. The lowest BCUT2D eigenvalue weighted by molar-refractivity contribution is 0.217. The Hall–Kier alpha value is -4.26. The number of nitrogens with one attached hydrogen (secondary N) is 1. The van der Waals surface area contributed by atoms with Gasteiger partial charge in [0.05, 0.1) is 19.9 Å². The molecule has 4 aromatic rings. The van der Waals surface area contributed by atoms with E-state index < -0.39 is 6.10 Å². The van der Waals surface area contributed by atoms with Gasteiger partial charge in [-0.1, -0.05) is 42.5 Å². The van der Waals surface area contributed by atoms with Crippen molar-refractivity contribution in [2.45, 2.75) is 12.1 Å². The molecule has 0 amide bonds. The third-order valence-electron chi connectivity index (χ3n) is 6.16. The van der Waals surface area contributed by atoms with Gasteiger partial charge >= 0.3 is 0 Å². The molecule has 2 atom stereocenters. The van der Waals surface area contributed by atoms with Gasteiger partial charge in [0.1, 0.15) is 29.6 Å². The predicted molar refractivity (Wildman–Crippen MR) is 125 cm³/mol. The monoisotopic (exact) mass is 438 g/mol. The van der Waals surface area contributed by atoms with Crippen LogP contribution in [0.1, 0.15) is 28.8 Å². The van der Waals surface area contributed by atoms with E-state index in [1.807, 2.05) is 59.3 Å². The van der Waals surface area contributed by atoms with E-state index in [2.05, 4.69) is 33.6 Å². The molecule has 0 aliphatic carbocycles. The molecule has 0 fully saturated rings. The Labute approximate surface area is 191 Å². The first-order chi connectivity index (χ1) is 16.3. The Morgan fingerprint density at radius 3 is 2.58 bits per heavy atom. The van der Waals surface area contributed by atoms with Gasteiger partial charge in [0, 0.05) is 22.8 Å². The molecular weight excluding hydrogens is 416 g/mol. The first-order valence-electron chi connectivity index (χ1n) is 10.7. The smallest absolute Gasteiger partial charge is 0.226 e. The van der Waals surface area contributed by atoms with Crippen molar-refractivity contribution in [2.24, 2.45) is 0 Å². The van der Waals surface area contributed by atoms with Crippen LogP contribution in [0.15, 0.2) is 84.7 Å². The molecule has 0 saturated heterocycles. The molecule has 0 bridgehead atoms. The van der Waals surface area contributed by atoms with Crippen molar-refractivity contribution in [3.8, 4) is 17.2 Å². The molecule has 7 heteroatoms. The number of fused-ring (bicyclic) bond motifs is 3. The molecule has 1 aromatic heterocycles. The topological polar surface area (TPSA) is 70.4 Å². The molecule has 3 heterocycles. The van der Waals surface area contributed by atoms with Gasteiger partial charge in [-0.2, -0.15) is 10.1 Å². The minimum Gasteiger partial charge on any atom is -0.497 e. The number of nitrogens with zero attached hydrogens (tertiary/aromatic N) is 3. The molecule has 0 saturated carbocycles. The Morgan fingerprint density at radius 1 is 0.939 bits per heavy atom. The highest BCUT2D eigenvalue weighted by atomic mass is 16.5. The van der Waals surface area contributed by atoms with E-state index >= 15 is 0 Å². The number of anilines is 1. The van der Waals surface area contributed by atoms with Crippen molar-refractivity contribution in [1.82, 2.24) is 14.8 Å². The number of rotatable bonds is 4. The fourth-order valence-electron chi connectivity index (χ4n) is 4.67. The summed E-state index contributed by atoms with van der Waals surface area (Å²) >= 11 is 0. The highest BCUT2D eigenvalue weighted by Gasteiger charge is 2.41. The van der Waals surface area contributed by atoms with Crippen molar-refractivity contribution in [2.75, 3.05) is 19.5 Å². The van der Waals surface area contributed by atoms with Gasteiger partial charge in [-0.05, 0) is 29.8 Å². The summed E-state index contributed by atoms with van der Waals surface area (Å²) in [5.41, 5.74) is 5.02. The van der Waals surface area contributed by atoms with E-state index in [9.17, 15) is 0 Å². The second-order valence-corrected chi connectivity index (χ2v) is 7.90. The first-order valence-corrected chi connectivity index (χ1v) is 10.7. The van der Waals surface area contributed by atoms with Crippen LogP contribution < -0.4 is 19.5 Å². The normalized spacial score (nSPS) is 18.4. The molecule has 164 valence electrons. The average Bonchev–Trinajstić information content (AvgIpc) is 3.35. The maximum absolute atomic E-state index is 6.67. The quantitative estimate of drug-likeness (QED) is 0.491. The van der Waals surface area contributed by atoms with Gasteiger partial charge in [0.25, 0.3) is 0 Å². The van der Waals surface area contributed by atoms with Gasteiger partial charge in [-0.25, -0.2) is 4.68 Å². The predicted octanol–water partition coefficient (Wildman–Crippen LogP) is 4.86. The average molecular weight is 438 g/mol. The van der Waals surface area contributed by atoms with Gasteiger partial charge in [-0.15, -0.1) is 0 Å². The Kier molecular flexibility index (Phi) is 4.54. The van der Waals surface area contributed by atoms with E-state index in [-0.39, 0.29) is 6.04 Å². The second kappa shape index (κ2) is 7.70. The summed E-state index contributed by atoms with van der Waals surface area (Å²) < 4.78 is 19.8. The van der Waals surface area contributed by atoms with Crippen LogP contribution in [-0.4, -0.2) is 29.0 Å². The lowest BCUT2D eigenvalue weighted by atomic mass is 9.84. The summed E-state index contributed by atoms with van der Waals surface area (Å²) in [6.07, 6.45) is 1.16. The fraction of sp³-hybridized carbons (Fsp3) is 0.154. The Bertz CT molecular complexity index is 1360. The molecule has 0 unspecified atom stereocenters. The third-order valence-corrected chi connectivity index (χ3v) is 6.16. The van der Waals surface area contributed by atoms with Crippen molar-refractivity contribution in [3.05, 3.63) is 101 Å². The van der Waals surface area contributed by atoms with Crippen LogP contribution in [0.4, 0.5) is 5.95 Å². The van der Waals surface area contributed by atoms with Gasteiger partial charge in [0.2, 0.25) is 5.95 Å². The molecule has 7 nitrogen and oxygen atoms in total. The van der Waals surface area contributed by atoms with E-state index in [0.717, 1.165) is 39.5 Å². The number of aromatic nitrogens is 3. The number of methoxy groups -OCH3 is 2.